The van der Waals surface area contributed by atoms with E-state index >= 15 is 0 Å². The number of ether oxygens (including phenoxy) is 1. The van der Waals surface area contributed by atoms with Gasteiger partial charge in [-0.25, -0.2) is 13.6 Å². The van der Waals surface area contributed by atoms with Crippen molar-refractivity contribution in [2.75, 3.05) is 12.4 Å². The standard InChI is InChI=1S/C22H16ClF2NO3/c1-12-9-13(22(28)29-2)3-6-16(12)21(27)17-7-5-15(11-18(17)23)26-20-8-4-14(24)10-19(20)25/h3-11,26H,1-2H3. The first-order valence-electron chi connectivity index (χ1n) is 8.55. The van der Waals surface area contributed by atoms with Gasteiger partial charge in [-0.1, -0.05) is 11.6 Å². The van der Waals surface area contributed by atoms with Gasteiger partial charge in [-0.05, 0) is 61.0 Å². The quantitative estimate of drug-likeness (QED) is 0.429. The molecule has 0 aliphatic heterocycles. The number of carbonyl (C=O) groups is 2. The highest BCUT2D eigenvalue weighted by Gasteiger charge is 2.17. The molecule has 3 aromatic rings. The second-order valence-electron chi connectivity index (χ2n) is 6.29. The van der Waals surface area contributed by atoms with Crippen LogP contribution in [0.15, 0.2) is 54.6 Å². The molecule has 0 aliphatic carbocycles. The van der Waals surface area contributed by atoms with E-state index in [0.29, 0.717) is 22.4 Å². The largest absolute Gasteiger partial charge is 0.465 e. The zero-order valence-electron chi connectivity index (χ0n) is 15.6. The molecule has 0 heterocycles. The molecule has 0 radical (unpaired) electrons. The summed E-state index contributed by atoms with van der Waals surface area (Å²) < 4.78 is 31.5. The number of nitrogens with one attached hydrogen (secondary N) is 1. The second-order valence-corrected chi connectivity index (χ2v) is 6.70. The van der Waals surface area contributed by atoms with Crippen molar-refractivity contribution in [1.82, 2.24) is 0 Å². The van der Waals surface area contributed by atoms with Crippen molar-refractivity contribution in [3.8, 4) is 0 Å². The van der Waals surface area contributed by atoms with E-state index in [0.717, 1.165) is 12.1 Å². The Kier molecular flexibility index (Phi) is 5.94. The molecule has 3 rings (SSSR count). The molecule has 29 heavy (non-hydrogen) atoms. The summed E-state index contributed by atoms with van der Waals surface area (Å²) in [5.41, 5.74) is 2.11. The van der Waals surface area contributed by atoms with Crippen LogP contribution in [0.3, 0.4) is 0 Å². The maximum atomic E-state index is 13.8. The Morgan fingerprint density at radius 3 is 2.31 bits per heavy atom. The highest BCUT2D eigenvalue weighted by Crippen LogP contribution is 2.28. The summed E-state index contributed by atoms with van der Waals surface area (Å²) in [4.78, 5) is 24.5. The van der Waals surface area contributed by atoms with Crippen LogP contribution in [-0.4, -0.2) is 18.9 Å². The first kappa shape index (κ1) is 20.5. The normalized spacial score (nSPS) is 10.5. The van der Waals surface area contributed by atoms with Crippen LogP contribution in [0.25, 0.3) is 0 Å². The molecule has 3 aromatic carbocycles. The molecule has 148 valence electrons. The second kappa shape index (κ2) is 8.41. The molecule has 0 aliphatic rings. The first-order valence-corrected chi connectivity index (χ1v) is 8.93. The molecule has 0 amide bonds. The van der Waals surface area contributed by atoms with Gasteiger partial charge in [0.1, 0.15) is 11.6 Å². The zero-order valence-corrected chi connectivity index (χ0v) is 16.3. The van der Waals surface area contributed by atoms with Gasteiger partial charge in [0.15, 0.2) is 5.78 Å². The van der Waals surface area contributed by atoms with E-state index in [2.05, 4.69) is 10.1 Å². The zero-order chi connectivity index (χ0) is 21.1. The van der Waals surface area contributed by atoms with E-state index < -0.39 is 17.6 Å². The van der Waals surface area contributed by atoms with Crippen molar-refractivity contribution in [3.63, 3.8) is 0 Å². The van der Waals surface area contributed by atoms with Crippen LogP contribution >= 0.6 is 11.6 Å². The van der Waals surface area contributed by atoms with Crippen molar-refractivity contribution in [1.29, 1.82) is 0 Å². The van der Waals surface area contributed by atoms with Crippen LogP contribution in [-0.2, 0) is 4.74 Å². The van der Waals surface area contributed by atoms with Crippen LogP contribution in [0, 0.1) is 18.6 Å². The van der Waals surface area contributed by atoms with E-state index in [9.17, 15) is 18.4 Å². The third kappa shape index (κ3) is 4.43. The van der Waals surface area contributed by atoms with Crippen molar-refractivity contribution < 1.29 is 23.1 Å². The van der Waals surface area contributed by atoms with Gasteiger partial charge >= 0.3 is 5.97 Å². The molecular weight excluding hydrogens is 400 g/mol. The summed E-state index contributed by atoms with van der Waals surface area (Å²) >= 11 is 6.27. The summed E-state index contributed by atoms with van der Waals surface area (Å²) in [5, 5.41) is 2.96. The number of methoxy groups -OCH3 is 1. The minimum absolute atomic E-state index is 0.0794. The number of ketones is 1. The molecule has 7 heteroatoms. The molecule has 0 bridgehead atoms. The number of hydrogen-bond donors (Lipinski definition) is 1. The molecule has 0 unspecified atom stereocenters. The van der Waals surface area contributed by atoms with Crippen LogP contribution in [0.1, 0.15) is 31.8 Å². The van der Waals surface area contributed by atoms with Crippen LogP contribution in [0.4, 0.5) is 20.2 Å². The summed E-state index contributed by atoms with van der Waals surface area (Å²) in [6.07, 6.45) is 0. The van der Waals surface area contributed by atoms with E-state index in [-0.39, 0.29) is 22.1 Å². The van der Waals surface area contributed by atoms with Crippen LogP contribution in [0.2, 0.25) is 5.02 Å². The fourth-order valence-corrected chi connectivity index (χ4v) is 3.10. The van der Waals surface area contributed by atoms with Gasteiger partial charge in [-0.2, -0.15) is 0 Å². The Balaban J connectivity index is 1.86. The number of aryl methyl sites for hydroxylation is 1. The Morgan fingerprint density at radius 1 is 0.966 bits per heavy atom. The molecule has 0 saturated carbocycles. The average molecular weight is 416 g/mol. The SMILES string of the molecule is COC(=O)c1ccc(C(=O)c2ccc(Nc3ccc(F)cc3F)cc2Cl)c(C)c1. The third-order valence-electron chi connectivity index (χ3n) is 4.32. The molecule has 0 atom stereocenters. The molecule has 0 fully saturated rings. The highest BCUT2D eigenvalue weighted by atomic mass is 35.5. The number of halogens is 3. The first-order chi connectivity index (χ1) is 13.8. The summed E-state index contributed by atoms with van der Waals surface area (Å²) in [7, 11) is 1.28. The van der Waals surface area contributed by atoms with Crippen LogP contribution < -0.4 is 5.32 Å². The number of hydrogen-bond acceptors (Lipinski definition) is 4. The van der Waals surface area contributed by atoms with E-state index in [1.807, 2.05) is 0 Å². The van der Waals surface area contributed by atoms with Crippen LogP contribution in [0.5, 0.6) is 0 Å². The Bertz CT molecular complexity index is 1120. The maximum absolute atomic E-state index is 13.8. The number of benzene rings is 3. The van der Waals surface area contributed by atoms with Gasteiger partial charge in [0.2, 0.25) is 0 Å². The van der Waals surface area contributed by atoms with Gasteiger partial charge in [0, 0.05) is 22.9 Å². The Hall–Kier alpha value is -3.25. The lowest BCUT2D eigenvalue weighted by molar-refractivity contribution is 0.0600. The number of carbonyl (C=O) groups excluding carboxylic acids is 2. The topological polar surface area (TPSA) is 55.4 Å². The number of anilines is 2. The smallest absolute Gasteiger partial charge is 0.337 e. The van der Waals surface area contributed by atoms with Gasteiger partial charge in [0.25, 0.3) is 0 Å². The van der Waals surface area contributed by atoms with Crippen molar-refractivity contribution >= 4 is 34.7 Å². The number of rotatable bonds is 5. The highest BCUT2D eigenvalue weighted by molar-refractivity contribution is 6.35. The molecule has 1 N–H and O–H groups in total. The van der Waals surface area contributed by atoms with Gasteiger partial charge < -0.3 is 10.1 Å². The maximum Gasteiger partial charge on any atom is 0.337 e. The molecular formula is C22H16ClF2NO3. The molecule has 0 spiro atoms. The fraction of sp³-hybridized carbons (Fsp3) is 0.0909. The predicted molar refractivity (Wildman–Crippen MR) is 107 cm³/mol. The van der Waals surface area contributed by atoms with Crippen molar-refractivity contribution in [3.05, 3.63) is 93.5 Å². The molecule has 4 nitrogen and oxygen atoms in total. The lowest BCUT2D eigenvalue weighted by atomic mass is 9.97. The van der Waals surface area contributed by atoms with E-state index in [1.165, 1.54) is 31.4 Å². The van der Waals surface area contributed by atoms with Gasteiger partial charge in [-0.3, -0.25) is 4.79 Å². The Morgan fingerprint density at radius 2 is 1.69 bits per heavy atom. The average Bonchev–Trinajstić information content (AvgIpc) is 2.69. The molecule has 0 aromatic heterocycles. The monoisotopic (exact) mass is 415 g/mol. The molecule has 0 saturated heterocycles. The van der Waals surface area contributed by atoms with Crippen molar-refractivity contribution in [2.24, 2.45) is 0 Å². The summed E-state index contributed by atoms with van der Waals surface area (Å²) in [5.74, 6) is -2.24. The van der Waals surface area contributed by atoms with E-state index in [1.54, 1.807) is 25.1 Å². The van der Waals surface area contributed by atoms with Gasteiger partial charge in [0.05, 0.1) is 23.4 Å². The number of esters is 1. The lowest BCUT2D eigenvalue weighted by Crippen LogP contribution is -2.08. The summed E-state index contributed by atoms with van der Waals surface area (Å²) in [6.45, 7) is 1.71. The third-order valence-corrected chi connectivity index (χ3v) is 4.63. The fourth-order valence-electron chi connectivity index (χ4n) is 2.83. The Labute approximate surface area is 171 Å². The van der Waals surface area contributed by atoms with Crippen molar-refractivity contribution in [2.45, 2.75) is 6.92 Å². The minimum atomic E-state index is -0.748. The van der Waals surface area contributed by atoms with Gasteiger partial charge in [-0.15, -0.1) is 0 Å². The predicted octanol–water partition coefficient (Wildman–Crippen LogP) is 5.69. The minimum Gasteiger partial charge on any atom is -0.465 e. The summed E-state index contributed by atoms with van der Waals surface area (Å²) in [6, 6.07) is 12.4. The van der Waals surface area contributed by atoms with E-state index in [4.69, 9.17) is 11.6 Å². The lowest BCUT2D eigenvalue weighted by Gasteiger charge is -2.11.